The Labute approximate surface area is 105 Å². The lowest BCUT2D eigenvalue weighted by atomic mass is 9.89. The van der Waals surface area contributed by atoms with Crippen molar-refractivity contribution in [3.8, 4) is 0 Å². The topological polar surface area (TPSA) is 47.7 Å². The summed E-state index contributed by atoms with van der Waals surface area (Å²) in [5.74, 6) is 0.655. The molecule has 0 aromatic rings. The molecule has 102 valence electrons. The number of rotatable bonds is 7. The molecule has 17 heavy (non-hydrogen) atoms. The van der Waals surface area contributed by atoms with Crippen LogP contribution < -0.4 is 5.73 Å². The summed E-state index contributed by atoms with van der Waals surface area (Å²) >= 11 is 0. The molecule has 0 saturated carbocycles. The number of methoxy groups -OCH3 is 2. The van der Waals surface area contributed by atoms with Gasteiger partial charge in [-0.15, -0.1) is 0 Å². The zero-order valence-corrected chi connectivity index (χ0v) is 11.6. The molecule has 2 atom stereocenters. The van der Waals surface area contributed by atoms with Gasteiger partial charge in [0.2, 0.25) is 0 Å². The van der Waals surface area contributed by atoms with Crippen LogP contribution in [0.25, 0.3) is 0 Å². The van der Waals surface area contributed by atoms with Gasteiger partial charge < -0.3 is 15.2 Å². The van der Waals surface area contributed by atoms with Crippen LogP contribution in [0.2, 0.25) is 0 Å². The molecule has 0 aromatic carbocycles. The Bertz CT molecular complexity index is 212. The highest BCUT2D eigenvalue weighted by Crippen LogP contribution is 2.26. The van der Waals surface area contributed by atoms with Gasteiger partial charge in [0.1, 0.15) is 0 Å². The molecule has 4 nitrogen and oxygen atoms in total. The second-order valence-electron chi connectivity index (χ2n) is 5.35. The van der Waals surface area contributed by atoms with Crippen LogP contribution in [-0.4, -0.2) is 57.5 Å². The molecule has 1 saturated heterocycles. The summed E-state index contributed by atoms with van der Waals surface area (Å²) in [4.78, 5) is 2.53. The van der Waals surface area contributed by atoms with Crippen molar-refractivity contribution in [2.75, 3.05) is 47.1 Å². The van der Waals surface area contributed by atoms with Crippen LogP contribution in [0.4, 0.5) is 0 Å². The molecule has 1 fully saturated rings. The first-order valence-electron chi connectivity index (χ1n) is 6.59. The van der Waals surface area contributed by atoms with Gasteiger partial charge in [0.15, 0.2) is 0 Å². The van der Waals surface area contributed by atoms with E-state index in [2.05, 4.69) is 11.8 Å². The van der Waals surface area contributed by atoms with Crippen molar-refractivity contribution in [2.24, 2.45) is 11.7 Å². The Morgan fingerprint density at radius 1 is 1.35 bits per heavy atom. The van der Waals surface area contributed by atoms with Gasteiger partial charge in [0.25, 0.3) is 0 Å². The third kappa shape index (κ3) is 4.21. The van der Waals surface area contributed by atoms with Gasteiger partial charge in [-0.25, -0.2) is 0 Å². The van der Waals surface area contributed by atoms with Gasteiger partial charge in [0.05, 0.1) is 6.61 Å². The molecule has 1 aliphatic rings. The number of likely N-dealkylation sites (tertiary alicyclic amines) is 1. The summed E-state index contributed by atoms with van der Waals surface area (Å²) in [5.41, 5.74) is 6.04. The highest BCUT2D eigenvalue weighted by atomic mass is 16.5. The number of hydrogen-bond donors (Lipinski definition) is 1. The first kappa shape index (κ1) is 14.9. The van der Waals surface area contributed by atoms with Crippen LogP contribution in [0.3, 0.4) is 0 Å². The average Bonchev–Trinajstić information content (AvgIpc) is 2.37. The number of ether oxygens (including phenoxy) is 2. The molecule has 0 aliphatic carbocycles. The smallest absolute Gasteiger partial charge is 0.0502 e. The summed E-state index contributed by atoms with van der Waals surface area (Å²) in [7, 11) is 3.53. The fourth-order valence-electron chi connectivity index (χ4n) is 2.64. The summed E-state index contributed by atoms with van der Waals surface area (Å²) in [6.45, 7) is 6.83. The Kier molecular flexibility index (Phi) is 6.41. The molecular formula is C13H28N2O2. The molecule has 0 radical (unpaired) electrons. The van der Waals surface area contributed by atoms with E-state index in [-0.39, 0.29) is 5.54 Å². The lowest BCUT2D eigenvalue weighted by Crippen LogP contribution is -2.56. The van der Waals surface area contributed by atoms with E-state index < -0.39 is 0 Å². The quantitative estimate of drug-likeness (QED) is 0.728. The van der Waals surface area contributed by atoms with Crippen LogP contribution in [-0.2, 0) is 9.47 Å². The monoisotopic (exact) mass is 244 g/mol. The van der Waals surface area contributed by atoms with Crippen molar-refractivity contribution in [3.63, 3.8) is 0 Å². The van der Waals surface area contributed by atoms with E-state index in [9.17, 15) is 0 Å². The van der Waals surface area contributed by atoms with E-state index in [1.165, 1.54) is 12.8 Å². The van der Waals surface area contributed by atoms with Crippen LogP contribution >= 0.6 is 0 Å². The minimum atomic E-state index is 0.0718. The second-order valence-corrected chi connectivity index (χ2v) is 5.35. The number of nitrogens with two attached hydrogens (primary N) is 1. The zero-order chi connectivity index (χ0) is 12.7. The molecule has 0 aromatic heterocycles. The SMILES string of the molecule is COCCC(C)(CN)N1CCCC(COC)C1. The largest absolute Gasteiger partial charge is 0.385 e. The second kappa shape index (κ2) is 7.31. The van der Waals surface area contributed by atoms with Crippen LogP contribution in [0.15, 0.2) is 0 Å². The van der Waals surface area contributed by atoms with Gasteiger partial charge in [-0.05, 0) is 38.6 Å². The molecule has 0 spiro atoms. The average molecular weight is 244 g/mol. The van der Waals surface area contributed by atoms with E-state index in [0.717, 1.165) is 32.7 Å². The molecule has 1 heterocycles. The maximum Gasteiger partial charge on any atom is 0.0502 e. The molecule has 2 unspecified atom stereocenters. The van der Waals surface area contributed by atoms with E-state index in [1.54, 1.807) is 14.2 Å². The first-order chi connectivity index (χ1) is 8.16. The summed E-state index contributed by atoms with van der Waals surface area (Å²) in [6, 6.07) is 0. The minimum absolute atomic E-state index is 0.0718. The number of piperidine rings is 1. The van der Waals surface area contributed by atoms with Crippen LogP contribution in [0, 0.1) is 5.92 Å². The van der Waals surface area contributed by atoms with Gasteiger partial charge in [0, 0.05) is 39.5 Å². The highest BCUT2D eigenvalue weighted by molar-refractivity contribution is 4.90. The van der Waals surface area contributed by atoms with Gasteiger partial charge in [-0.2, -0.15) is 0 Å². The van der Waals surface area contributed by atoms with Gasteiger partial charge >= 0.3 is 0 Å². The third-order valence-electron chi connectivity index (χ3n) is 3.97. The van der Waals surface area contributed by atoms with Crippen molar-refractivity contribution >= 4 is 0 Å². The van der Waals surface area contributed by atoms with Gasteiger partial charge in [-0.3, -0.25) is 4.90 Å². The summed E-state index contributed by atoms with van der Waals surface area (Å²) < 4.78 is 10.5. The van der Waals surface area contributed by atoms with Crippen molar-refractivity contribution in [3.05, 3.63) is 0 Å². The van der Waals surface area contributed by atoms with Crippen molar-refractivity contribution in [1.29, 1.82) is 0 Å². The Morgan fingerprint density at radius 2 is 2.12 bits per heavy atom. The van der Waals surface area contributed by atoms with E-state index >= 15 is 0 Å². The molecule has 1 rings (SSSR count). The molecule has 0 amide bonds. The van der Waals surface area contributed by atoms with Crippen molar-refractivity contribution in [2.45, 2.75) is 31.7 Å². The summed E-state index contributed by atoms with van der Waals surface area (Å²) in [6.07, 6.45) is 3.52. The lowest BCUT2D eigenvalue weighted by molar-refractivity contribution is 0.0145. The number of hydrogen-bond acceptors (Lipinski definition) is 4. The van der Waals surface area contributed by atoms with Crippen LogP contribution in [0.5, 0.6) is 0 Å². The third-order valence-corrected chi connectivity index (χ3v) is 3.97. The van der Waals surface area contributed by atoms with Crippen molar-refractivity contribution in [1.82, 2.24) is 4.90 Å². The van der Waals surface area contributed by atoms with Crippen molar-refractivity contribution < 1.29 is 9.47 Å². The highest BCUT2D eigenvalue weighted by Gasteiger charge is 2.33. The Hall–Kier alpha value is -0.160. The maximum atomic E-state index is 5.97. The fourth-order valence-corrected chi connectivity index (χ4v) is 2.64. The van der Waals surface area contributed by atoms with Gasteiger partial charge in [-0.1, -0.05) is 0 Å². The Morgan fingerprint density at radius 3 is 2.71 bits per heavy atom. The molecule has 2 N–H and O–H groups in total. The Balaban J connectivity index is 2.54. The molecule has 0 bridgehead atoms. The standard InChI is InChI=1S/C13H28N2O2/c1-13(11-14,6-8-16-2)15-7-4-5-12(9-15)10-17-3/h12H,4-11,14H2,1-3H3. The molecule has 1 aliphatic heterocycles. The predicted octanol–water partition coefficient (Wildman–Crippen LogP) is 1.10. The minimum Gasteiger partial charge on any atom is -0.385 e. The normalized spacial score (nSPS) is 25.8. The molecule has 4 heteroatoms. The molecular weight excluding hydrogens is 216 g/mol. The van der Waals surface area contributed by atoms with E-state index in [0.29, 0.717) is 12.5 Å². The number of nitrogens with zero attached hydrogens (tertiary/aromatic N) is 1. The van der Waals surface area contributed by atoms with Crippen LogP contribution in [0.1, 0.15) is 26.2 Å². The summed E-state index contributed by atoms with van der Waals surface area (Å²) in [5, 5.41) is 0. The lowest BCUT2D eigenvalue weighted by Gasteiger charge is -2.45. The fraction of sp³-hybridized carbons (Fsp3) is 1.00. The van der Waals surface area contributed by atoms with E-state index in [1.807, 2.05) is 0 Å². The maximum absolute atomic E-state index is 5.97. The first-order valence-corrected chi connectivity index (χ1v) is 6.59. The van der Waals surface area contributed by atoms with E-state index in [4.69, 9.17) is 15.2 Å². The zero-order valence-electron chi connectivity index (χ0n) is 11.6. The predicted molar refractivity (Wildman–Crippen MR) is 70.1 cm³/mol.